The van der Waals surface area contributed by atoms with Crippen LogP contribution in [0.3, 0.4) is 0 Å². The van der Waals surface area contributed by atoms with Gasteiger partial charge in [-0.15, -0.1) is 0 Å². The van der Waals surface area contributed by atoms with Crippen LogP contribution in [-0.4, -0.2) is 34.4 Å². The van der Waals surface area contributed by atoms with E-state index in [1.165, 1.54) is 0 Å². The standard InChI is InChI=1S/C16H18Cl2N4O/c1-3-4-7-22(2)15(23)14-5-6-19-16(21-14)20-13-9-11(17)8-12(18)10-13/h5-6,8-10H,3-4,7H2,1-2H3,(H,19,20,21). The zero-order valence-electron chi connectivity index (χ0n) is 13.0. The van der Waals surface area contributed by atoms with E-state index in [0.29, 0.717) is 33.9 Å². The number of hydrogen-bond acceptors (Lipinski definition) is 4. The molecule has 1 N–H and O–H groups in total. The molecular weight excluding hydrogens is 335 g/mol. The first-order valence-electron chi connectivity index (χ1n) is 7.31. The van der Waals surface area contributed by atoms with Crippen LogP contribution >= 0.6 is 23.2 Å². The van der Waals surface area contributed by atoms with E-state index in [2.05, 4.69) is 22.2 Å². The Morgan fingerprint density at radius 2 is 1.96 bits per heavy atom. The Kier molecular flexibility index (Phi) is 6.19. The molecule has 0 aliphatic carbocycles. The number of anilines is 2. The van der Waals surface area contributed by atoms with Gasteiger partial charge in [-0.05, 0) is 30.7 Å². The van der Waals surface area contributed by atoms with Crippen molar-refractivity contribution in [1.82, 2.24) is 14.9 Å². The molecule has 7 heteroatoms. The molecule has 0 fully saturated rings. The van der Waals surface area contributed by atoms with Gasteiger partial charge in [0.15, 0.2) is 0 Å². The minimum Gasteiger partial charge on any atom is -0.340 e. The largest absolute Gasteiger partial charge is 0.340 e. The van der Waals surface area contributed by atoms with Gasteiger partial charge in [0.1, 0.15) is 5.69 Å². The number of nitrogens with zero attached hydrogens (tertiary/aromatic N) is 3. The normalized spacial score (nSPS) is 10.4. The fourth-order valence-corrected chi connectivity index (χ4v) is 2.51. The molecule has 0 radical (unpaired) electrons. The summed E-state index contributed by atoms with van der Waals surface area (Å²) in [7, 11) is 1.77. The van der Waals surface area contributed by atoms with Crippen molar-refractivity contribution in [3.63, 3.8) is 0 Å². The minimum atomic E-state index is -0.131. The number of hydrogen-bond donors (Lipinski definition) is 1. The van der Waals surface area contributed by atoms with E-state index in [0.717, 1.165) is 12.8 Å². The van der Waals surface area contributed by atoms with Crippen molar-refractivity contribution in [2.75, 3.05) is 18.9 Å². The molecule has 1 heterocycles. The van der Waals surface area contributed by atoms with Crippen LogP contribution in [-0.2, 0) is 0 Å². The first-order valence-corrected chi connectivity index (χ1v) is 8.07. The summed E-state index contributed by atoms with van der Waals surface area (Å²) in [6.07, 6.45) is 3.53. The summed E-state index contributed by atoms with van der Waals surface area (Å²) in [6.45, 7) is 2.78. The molecule has 0 saturated heterocycles. The molecule has 0 atom stereocenters. The molecule has 0 aliphatic rings. The lowest BCUT2D eigenvalue weighted by Gasteiger charge is -2.16. The maximum Gasteiger partial charge on any atom is 0.272 e. The molecule has 23 heavy (non-hydrogen) atoms. The lowest BCUT2D eigenvalue weighted by Crippen LogP contribution is -2.28. The fraction of sp³-hybridized carbons (Fsp3) is 0.312. The predicted molar refractivity (Wildman–Crippen MR) is 93.6 cm³/mol. The van der Waals surface area contributed by atoms with Crippen LogP contribution in [0.25, 0.3) is 0 Å². The smallest absolute Gasteiger partial charge is 0.272 e. The van der Waals surface area contributed by atoms with E-state index >= 15 is 0 Å². The molecule has 0 spiro atoms. The number of aromatic nitrogens is 2. The molecule has 2 rings (SSSR count). The van der Waals surface area contributed by atoms with Gasteiger partial charge in [-0.3, -0.25) is 4.79 Å². The maximum absolute atomic E-state index is 12.3. The zero-order valence-corrected chi connectivity index (χ0v) is 14.5. The van der Waals surface area contributed by atoms with E-state index in [1.54, 1.807) is 42.4 Å². The van der Waals surface area contributed by atoms with E-state index in [4.69, 9.17) is 23.2 Å². The molecule has 0 aliphatic heterocycles. The van der Waals surface area contributed by atoms with Crippen LogP contribution in [0.2, 0.25) is 10.0 Å². The molecule has 5 nitrogen and oxygen atoms in total. The third-order valence-electron chi connectivity index (χ3n) is 3.19. The van der Waals surface area contributed by atoms with Gasteiger partial charge in [0.05, 0.1) is 0 Å². The number of carbonyl (C=O) groups is 1. The van der Waals surface area contributed by atoms with Crippen LogP contribution in [0, 0.1) is 0 Å². The van der Waals surface area contributed by atoms with Gasteiger partial charge in [0, 0.05) is 35.5 Å². The number of rotatable bonds is 6. The van der Waals surface area contributed by atoms with Crippen molar-refractivity contribution >= 4 is 40.7 Å². The highest BCUT2D eigenvalue weighted by atomic mass is 35.5. The predicted octanol–water partition coefficient (Wildman–Crippen LogP) is 4.40. The van der Waals surface area contributed by atoms with Crippen LogP contribution in [0.5, 0.6) is 0 Å². The Morgan fingerprint density at radius 3 is 2.61 bits per heavy atom. The van der Waals surface area contributed by atoms with Gasteiger partial charge in [0.2, 0.25) is 5.95 Å². The molecular formula is C16H18Cl2N4O. The Labute approximate surface area is 145 Å². The highest BCUT2D eigenvalue weighted by Gasteiger charge is 2.13. The molecule has 1 amide bonds. The third-order valence-corrected chi connectivity index (χ3v) is 3.62. The van der Waals surface area contributed by atoms with Gasteiger partial charge < -0.3 is 10.2 Å². The molecule has 1 aromatic heterocycles. The Balaban J connectivity index is 2.14. The number of carbonyl (C=O) groups excluding carboxylic acids is 1. The lowest BCUT2D eigenvalue weighted by molar-refractivity contribution is 0.0787. The lowest BCUT2D eigenvalue weighted by atomic mass is 10.3. The zero-order chi connectivity index (χ0) is 16.8. The van der Waals surface area contributed by atoms with Gasteiger partial charge in [0.25, 0.3) is 5.91 Å². The molecule has 2 aromatic rings. The first kappa shape index (κ1) is 17.5. The van der Waals surface area contributed by atoms with Crippen molar-refractivity contribution in [1.29, 1.82) is 0 Å². The number of unbranched alkanes of at least 4 members (excludes halogenated alkanes) is 1. The van der Waals surface area contributed by atoms with Crippen molar-refractivity contribution < 1.29 is 4.79 Å². The third kappa shape index (κ3) is 5.08. The second-order valence-corrected chi connectivity index (χ2v) is 6.00. The average molecular weight is 353 g/mol. The molecule has 122 valence electrons. The van der Waals surface area contributed by atoms with E-state index in [1.807, 2.05) is 0 Å². The molecule has 0 unspecified atom stereocenters. The highest BCUT2D eigenvalue weighted by Crippen LogP contribution is 2.24. The summed E-state index contributed by atoms with van der Waals surface area (Å²) < 4.78 is 0. The van der Waals surface area contributed by atoms with Crippen LogP contribution in [0.4, 0.5) is 11.6 Å². The molecule has 1 aromatic carbocycles. The van der Waals surface area contributed by atoms with Crippen molar-refractivity contribution in [2.45, 2.75) is 19.8 Å². The van der Waals surface area contributed by atoms with Crippen molar-refractivity contribution in [2.24, 2.45) is 0 Å². The maximum atomic E-state index is 12.3. The number of nitrogens with one attached hydrogen (secondary N) is 1. The summed E-state index contributed by atoms with van der Waals surface area (Å²) in [5.74, 6) is 0.186. The summed E-state index contributed by atoms with van der Waals surface area (Å²) in [5, 5.41) is 4.01. The molecule has 0 saturated carbocycles. The highest BCUT2D eigenvalue weighted by molar-refractivity contribution is 6.35. The number of benzene rings is 1. The quantitative estimate of drug-likeness (QED) is 0.836. The van der Waals surface area contributed by atoms with Gasteiger partial charge in [-0.1, -0.05) is 36.5 Å². The van der Waals surface area contributed by atoms with E-state index in [9.17, 15) is 4.79 Å². The summed E-state index contributed by atoms with van der Waals surface area (Å²) in [5.41, 5.74) is 1.00. The topological polar surface area (TPSA) is 58.1 Å². The molecule has 0 bridgehead atoms. The van der Waals surface area contributed by atoms with Crippen LogP contribution in [0.1, 0.15) is 30.3 Å². The Morgan fingerprint density at radius 1 is 1.26 bits per heavy atom. The van der Waals surface area contributed by atoms with E-state index < -0.39 is 0 Å². The van der Waals surface area contributed by atoms with Crippen molar-refractivity contribution in [3.8, 4) is 0 Å². The summed E-state index contributed by atoms with van der Waals surface area (Å²) >= 11 is 11.9. The number of amides is 1. The minimum absolute atomic E-state index is 0.131. The Hall–Kier alpha value is -1.85. The van der Waals surface area contributed by atoms with Gasteiger partial charge in [-0.25, -0.2) is 9.97 Å². The SMILES string of the molecule is CCCCN(C)C(=O)c1ccnc(Nc2cc(Cl)cc(Cl)c2)n1. The summed E-state index contributed by atoms with van der Waals surface area (Å²) in [6, 6.07) is 6.65. The monoisotopic (exact) mass is 352 g/mol. The van der Waals surface area contributed by atoms with Gasteiger partial charge in [-0.2, -0.15) is 0 Å². The van der Waals surface area contributed by atoms with Crippen LogP contribution < -0.4 is 5.32 Å². The number of halogens is 2. The fourth-order valence-electron chi connectivity index (χ4n) is 1.99. The second-order valence-electron chi connectivity index (χ2n) is 5.13. The van der Waals surface area contributed by atoms with Crippen LogP contribution in [0.15, 0.2) is 30.5 Å². The average Bonchev–Trinajstić information content (AvgIpc) is 2.51. The van der Waals surface area contributed by atoms with E-state index in [-0.39, 0.29) is 5.91 Å². The summed E-state index contributed by atoms with van der Waals surface area (Å²) in [4.78, 5) is 22.4. The second kappa shape index (κ2) is 8.13. The Bertz CT molecular complexity index is 673. The van der Waals surface area contributed by atoms with Crippen molar-refractivity contribution in [3.05, 3.63) is 46.2 Å². The first-order chi connectivity index (χ1) is 11.0. The van der Waals surface area contributed by atoms with Gasteiger partial charge >= 0.3 is 0 Å².